The van der Waals surface area contributed by atoms with Gasteiger partial charge in [-0.1, -0.05) is 6.92 Å². The first kappa shape index (κ1) is 17.4. The van der Waals surface area contributed by atoms with E-state index in [1.807, 2.05) is 0 Å². The number of hydrogen-bond donors (Lipinski definition) is 0. The molecule has 0 saturated carbocycles. The Labute approximate surface area is 114 Å². The molecule has 0 aliphatic carbocycles. The van der Waals surface area contributed by atoms with E-state index in [0.29, 0.717) is 19.4 Å². The van der Waals surface area contributed by atoms with Crippen LogP contribution in [-0.4, -0.2) is 49.6 Å². The maximum Gasteiger partial charge on any atom is 0.311 e. The van der Waals surface area contributed by atoms with Crippen LogP contribution in [0.5, 0.6) is 0 Å². The van der Waals surface area contributed by atoms with Crippen LogP contribution in [0, 0.1) is 5.41 Å². The summed E-state index contributed by atoms with van der Waals surface area (Å²) < 4.78 is 9.90. The fourth-order valence-electron chi connectivity index (χ4n) is 1.07. The van der Waals surface area contributed by atoms with Crippen molar-refractivity contribution in [2.24, 2.45) is 5.41 Å². The molecule has 0 spiro atoms. The Morgan fingerprint density at radius 2 is 1.63 bits per heavy atom. The number of rotatable bonds is 8. The van der Waals surface area contributed by atoms with E-state index < -0.39 is 5.41 Å². The van der Waals surface area contributed by atoms with Crippen LogP contribution in [0.2, 0.25) is 0 Å². The fraction of sp³-hybridized carbons (Fsp3) is 0.769. The number of esters is 2. The molecule has 6 nitrogen and oxygen atoms in total. The van der Waals surface area contributed by atoms with Crippen molar-refractivity contribution in [3.8, 4) is 0 Å². The predicted molar refractivity (Wildman–Crippen MR) is 69.3 cm³/mol. The van der Waals surface area contributed by atoms with E-state index in [9.17, 15) is 14.4 Å². The summed E-state index contributed by atoms with van der Waals surface area (Å²) in [4.78, 5) is 34.5. The summed E-state index contributed by atoms with van der Waals surface area (Å²) in [5.41, 5.74) is -0.553. The molecule has 0 aromatic rings. The third-order valence-corrected chi connectivity index (χ3v) is 2.30. The van der Waals surface area contributed by atoms with E-state index in [-0.39, 0.29) is 31.7 Å². The number of hydrogen-bond acceptors (Lipinski definition) is 5. The summed E-state index contributed by atoms with van der Waals surface area (Å²) in [5, 5.41) is 0. The first-order valence-electron chi connectivity index (χ1n) is 6.33. The minimum atomic E-state index is -0.553. The molecule has 0 radical (unpaired) electrons. The topological polar surface area (TPSA) is 72.9 Å². The number of ether oxygens (including phenoxy) is 2. The second kappa shape index (κ2) is 8.50. The van der Waals surface area contributed by atoms with Crippen LogP contribution in [0.4, 0.5) is 0 Å². The van der Waals surface area contributed by atoms with Gasteiger partial charge in [0.1, 0.15) is 13.2 Å². The Morgan fingerprint density at radius 1 is 1.11 bits per heavy atom. The normalized spacial score (nSPS) is 10.7. The first-order valence-corrected chi connectivity index (χ1v) is 6.33. The van der Waals surface area contributed by atoms with Crippen molar-refractivity contribution in [2.45, 2.75) is 34.1 Å². The highest BCUT2D eigenvalue weighted by Crippen LogP contribution is 2.14. The van der Waals surface area contributed by atoms with Crippen LogP contribution in [0.15, 0.2) is 0 Å². The Kier molecular flexibility index (Phi) is 7.79. The summed E-state index contributed by atoms with van der Waals surface area (Å²) in [5.74, 6) is -0.610. The van der Waals surface area contributed by atoms with Crippen LogP contribution < -0.4 is 0 Å². The van der Waals surface area contributed by atoms with Crippen molar-refractivity contribution in [1.29, 1.82) is 0 Å². The smallest absolute Gasteiger partial charge is 0.311 e. The van der Waals surface area contributed by atoms with Gasteiger partial charge < -0.3 is 14.4 Å². The second-order valence-corrected chi connectivity index (χ2v) is 5.10. The van der Waals surface area contributed by atoms with E-state index >= 15 is 0 Å². The highest BCUT2D eigenvalue weighted by atomic mass is 16.5. The summed E-state index contributed by atoms with van der Waals surface area (Å²) in [6, 6.07) is 0. The molecule has 0 atom stereocenters. The minimum Gasteiger partial charge on any atom is -0.464 e. The molecule has 0 unspecified atom stereocenters. The summed E-state index contributed by atoms with van der Waals surface area (Å²) >= 11 is 0. The van der Waals surface area contributed by atoms with Crippen LogP contribution in [-0.2, 0) is 23.9 Å². The second-order valence-electron chi connectivity index (χ2n) is 5.10. The molecule has 110 valence electrons. The lowest BCUT2D eigenvalue weighted by Crippen LogP contribution is -2.32. The third kappa shape index (κ3) is 8.18. The molecule has 0 aliphatic rings. The maximum atomic E-state index is 11.5. The van der Waals surface area contributed by atoms with Gasteiger partial charge in [-0.05, 0) is 20.8 Å². The van der Waals surface area contributed by atoms with E-state index in [1.54, 1.807) is 27.7 Å². The number of carbonyl (C=O) groups excluding carboxylic acids is 3. The molecule has 0 saturated heterocycles. The lowest BCUT2D eigenvalue weighted by molar-refractivity contribution is -0.153. The lowest BCUT2D eigenvalue weighted by atomic mass is 9.97. The fourth-order valence-corrected chi connectivity index (χ4v) is 1.07. The largest absolute Gasteiger partial charge is 0.464 e. The highest BCUT2D eigenvalue weighted by molar-refractivity contribution is 5.75. The van der Waals surface area contributed by atoms with Crippen molar-refractivity contribution in [3.63, 3.8) is 0 Å². The van der Waals surface area contributed by atoms with E-state index in [4.69, 9.17) is 9.47 Å². The Balaban J connectivity index is 3.86. The Hall–Kier alpha value is -1.59. The van der Waals surface area contributed by atoms with Gasteiger partial charge in [0.2, 0.25) is 6.41 Å². The van der Waals surface area contributed by atoms with Gasteiger partial charge in [0.05, 0.1) is 18.5 Å². The summed E-state index contributed by atoms with van der Waals surface area (Å²) in [7, 11) is 0. The van der Waals surface area contributed by atoms with Gasteiger partial charge >= 0.3 is 11.9 Å². The van der Waals surface area contributed by atoms with Crippen LogP contribution in [0.1, 0.15) is 34.1 Å². The minimum absolute atomic E-state index is 0.135. The van der Waals surface area contributed by atoms with Gasteiger partial charge in [-0.3, -0.25) is 14.4 Å². The highest BCUT2D eigenvalue weighted by Gasteiger charge is 2.22. The van der Waals surface area contributed by atoms with Crippen molar-refractivity contribution in [2.75, 3.05) is 26.3 Å². The van der Waals surface area contributed by atoms with Crippen molar-refractivity contribution in [3.05, 3.63) is 0 Å². The van der Waals surface area contributed by atoms with E-state index in [0.717, 1.165) is 0 Å². The molecule has 1 amide bonds. The van der Waals surface area contributed by atoms with Crippen molar-refractivity contribution >= 4 is 18.3 Å². The standard InChI is InChI=1S/C13H23NO5/c1-5-11(16)18-8-6-14(10-15)7-9-19-12(17)13(2,3)4/h10H,5-9H2,1-4H3. The molecule has 0 fully saturated rings. The number of nitrogens with zero attached hydrogens (tertiary/aromatic N) is 1. The quantitative estimate of drug-likeness (QED) is 0.487. The lowest BCUT2D eigenvalue weighted by Gasteiger charge is -2.20. The van der Waals surface area contributed by atoms with Gasteiger partial charge in [-0.15, -0.1) is 0 Å². The van der Waals surface area contributed by atoms with Gasteiger partial charge in [-0.2, -0.15) is 0 Å². The molecular weight excluding hydrogens is 250 g/mol. The zero-order valence-corrected chi connectivity index (χ0v) is 12.1. The van der Waals surface area contributed by atoms with Gasteiger partial charge in [-0.25, -0.2) is 0 Å². The van der Waals surface area contributed by atoms with Crippen LogP contribution in [0.3, 0.4) is 0 Å². The summed E-state index contributed by atoms with van der Waals surface area (Å²) in [6.45, 7) is 7.85. The van der Waals surface area contributed by atoms with Crippen LogP contribution in [0.25, 0.3) is 0 Å². The SMILES string of the molecule is CCC(=O)OCCN(C=O)CCOC(=O)C(C)(C)C. The van der Waals surface area contributed by atoms with Gasteiger partial charge in [0.15, 0.2) is 0 Å². The molecule has 0 aromatic heterocycles. The molecule has 0 N–H and O–H groups in total. The Bertz CT molecular complexity index is 309. The molecular formula is C13H23NO5. The Morgan fingerprint density at radius 3 is 2.05 bits per heavy atom. The van der Waals surface area contributed by atoms with Crippen molar-refractivity contribution < 1.29 is 23.9 Å². The van der Waals surface area contributed by atoms with Crippen LogP contribution >= 0.6 is 0 Å². The average molecular weight is 273 g/mol. The molecule has 0 aromatic carbocycles. The molecule has 19 heavy (non-hydrogen) atoms. The molecule has 0 rings (SSSR count). The maximum absolute atomic E-state index is 11.5. The molecule has 0 aliphatic heterocycles. The zero-order valence-electron chi connectivity index (χ0n) is 12.1. The average Bonchev–Trinajstić information content (AvgIpc) is 2.35. The van der Waals surface area contributed by atoms with Gasteiger partial charge in [0, 0.05) is 6.42 Å². The van der Waals surface area contributed by atoms with E-state index in [2.05, 4.69) is 0 Å². The molecule has 6 heteroatoms. The number of carbonyl (C=O) groups is 3. The third-order valence-electron chi connectivity index (χ3n) is 2.30. The van der Waals surface area contributed by atoms with Gasteiger partial charge in [0.25, 0.3) is 0 Å². The summed E-state index contributed by atoms with van der Waals surface area (Å²) in [6.07, 6.45) is 0.953. The number of amides is 1. The monoisotopic (exact) mass is 273 g/mol. The molecule has 0 bridgehead atoms. The first-order chi connectivity index (χ1) is 8.81. The predicted octanol–water partition coefficient (Wildman–Crippen LogP) is 0.987. The molecule has 0 heterocycles. The van der Waals surface area contributed by atoms with Crippen molar-refractivity contribution in [1.82, 2.24) is 4.90 Å². The van der Waals surface area contributed by atoms with E-state index in [1.165, 1.54) is 4.90 Å². The zero-order chi connectivity index (χ0) is 14.9.